The number of carbonyl (C=O) groups excluding carboxylic acids is 1. The number of hydrogen-bond donors (Lipinski definition) is 0. The summed E-state index contributed by atoms with van der Waals surface area (Å²) >= 11 is 12.3. The topological polar surface area (TPSA) is 38.8 Å². The van der Waals surface area contributed by atoms with Gasteiger partial charge in [-0.25, -0.2) is 9.18 Å². The van der Waals surface area contributed by atoms with Crippen molar-refractivity contribution in [2.24, 2.45) is 0 Å². The van der Waals surface area contributed by atoms with Gasteiger partial charge in [0.05, 0.1) is 24.8 Å². The molecule has 0 radical (unpaired) electrons. The highest BCUT2D eigenvalue weighted by atomic mass is 35.5. The fourth-order valence-electron chi connectivity index (χ4n) is 5.63. The maximum atomic E-state index is 14.8. The Bertz CT molecular complexity index is 1420. The fourth-order valence-corrected chi connectivity index (χ4v) is 6.18. The molecular weight excluding hydrogens is 557 g/mol. The number of cyclic esters (lactones) is 1. The van der Waals surface area contributed by atoms with Crippen LogP contribution in [0.4, 0.5) is 22.4 Å². The maximum Gasteiger partial charge on any atom is 0.416 e. The fraction of sp³-hybridized carbons (Fsp3) is 0.345. The molecule has 3 aromatic rings. The summed E-state index contributed by atoms with van der Waals surface area (Å²) in [6, 6.07) is 10.0. The molecule has 0 aliphatic carbocycles. The molecule has 4 nitrogen and oxygen atoms in total. The van der Waals surface area contributed by atoms with Crippen LogP contribution in [0, 0.1) is 5.82 Å². The zero-order valence-corrected chi connectivity index (χ0v) is 22.8. The van der Waals surface area contributed by atoms with Crippen molar-refractivity contribution in [2.45, 2.75) is 57.0 Å². The summed E-state index contributed by atoms with van der Waals surface area (Å²) in [6.45, 7) is 3.65. The molecule has 2 fully saturated rings. The lowest BCUT2D eigenvalue weighted by Crippen LogP contribution is -2.31. The van der Waals surface area contributed by atoms with Gasteiger partial charge in [0.2, 0.25) is 0 Å². The molecule has 0 saturated carbocycles. The lowest BCUT2D eigenvalue weighted by molar-refractivity contribution is -0.137. The van der Waals surface area contributed by atoms with Crippen LogP contribution in [0.2, 0.25) is 10.0 Å². The second-order valence-corrected chi connectivity index (χ2v) is 11.0. The predicted molar refractivity (Wildman–Crippen MR) is 141 cm³/mol. The number of ether oxygens (including phenoxy) is 2. The van der Waals surface area contributed by atoms with E-state index in [1.807, 2.05) is 13.8 Å². The van der Waals surface area contributed by atoms with Crippen LogP contribution in [-0.4, -0.2) is 24.1 Å². The second kappa shape index (κ2) is 10.2. The highest BCUT2D eigenvalue weighted by molar-refractivity contribution is 6.34. The van der Waals surface area contributed by atoms with Gasteiger partial charge in [-0.1, -0.05) is 43.1 Å². The van der Waals surface area contributed by atoms with Gasteiger partial charge in [0.25, 0.3) is 0 Å². The number of amides is 1. The van der Waals surface area contributed by atoms with Gasteiger partial charge in [0.15, 0.2) is 0 Å². The van der Waals surface area contributed by atoms with Crippen LogP contribution >= 0.6 is 23.2 Å². The summed E-state index contributed by atoms with van der Waals surface area (Å²) in [5.41, 5.74) is 1.32. The number of carbonyl (C=O) groups is 1. The first-order valence-electron chi connectivity index (χ1n) is 12.4. The van der Waals surface area contributed by atoms with E-state index in [4.69, 9.17) is 32.7 Å². The van der Waals surface area contributed by atoms with Crippen LogP contribution in [-0.2, 0) is 10.9 Å². The molecule has 10 heteroatoms. The van der Waals surface area contributed by atoms with Crippen molar-refractivity contribution in [1.82, 2.24) is 4.90 Å². The highest BCUT2D eigenvalue weighted by Crippen LogP contribution is 2.51. The van der Waals surface area contributed by atoms with E-state index in [-0.39, 0.29) is 17.2 Å². The Morgan fingerprint density at radius 3 is 2.31 bits per heavy atom. The molecule has 2 saturated heterocycles. The Morgan fingerprint density at radius 1 is 1.00 bits per heavy atom. The van der Waals surface area contributed by atoms with Gasteiger partial charge in [-0.3, -0.25) is 4.90 Å². The molecule has 3 aromatic carbocycles. The molecule has 2 aliphatic rings. The van der Waals surface area contributed by atoms with Crippen LogP contribution in [0.25, 0.3) is 11.1 Å². The zero-order valence-electron chi connectivity index (χ0n) is 21.3. The number of nitrogens with zero attached hydrogens (tertiary/aromatic N) is 1. The standard InChI is InChI=1S/C29H25Cl2F4NO3/c1-14(2)20-12-22(26(38-3)13-23(20)32)19-5-4-16(29(33,34)35)10-21(19)24-6-7-25-27(39-28(37)36(24)25)15-8-17(30)11-18(31)9-15/h4-5,8-14,24-25,27H,6-7H2,1-3H3/t24-,25?,27+/m0/s1. The van der Waals surface area contributed by atoms with E-state index in [0.717, 1.165) is 12.1 Å². The third kappa shape index (κ3) is 5.05. The molecule has 3 atom stereocenters. The SMILES string of the molecule is COc1cc(F)c(C(C)C)cc1-c1ccc(C(F)(F)F)cc1[C@@H]1CCC2[C@@H](c3cc(Cl)cc(Cl)c3)OC(=O)N21. The minimum absolute atomic E-state index is 0.178. The quantitative estimate of drug-likeness (QED) is 0.282. The molecule has 206 valence electrons. The van der Waals surface area contributed by atoms with Crippen molar-refractivity contribution in [3.63, 3.8) is 0 Å². The monoisotopic (exact) mass is 581 g/mol. The Kier molecular flexibility index (Phi) is 7.22. The Hall–Kier alpha value is -2.97. The molecule has 0 aromatic heterocycles. The smallest absolute Gasteiger partial charge is 0.416 e. The van der Waals surface area contributed by atoms with Crippen molar-refractivity contribution in [3.8, 4) is 16.9 Å². The molecule has 2 heterocycles. The molecule has 0 bridgehead atoms. The van der Waals surface area contributed by atoms with Crippen LogP contribution in [0.15, 0.2) is 48.5 Å². The summed E-state index contributed by atoms with van der Waals surface area (Å²) < 4.78 is 67.5. The van der Waals surface area contributed by atoms with E-state index in [9.17, 15) is 22.4 Å². The van der Waals surface area contributed by atoms with Gasteiger partial charge in [-0.15, -0.1) is 0 Å². The van der Waals surface area contributed by atoms with Crippen LogP contribution in [0.1, 0.15) is 67.0 Å². The summed E-state index contributed by atoms with van der Waals surface area (Å²) in [6.07, 6.45) is -5.04. The van der Waals surface area contributed by atoms with Crippen molar-refractivity contribution >= 4 is 29.3 Å². The minimum atomic E-state index is -4.60. The molecule has 1 amide bonds. The molecule has 5 rings (SSSR count). The average molecular weight is 582 g/mol. The van der Waals surface area contributed by atoms with Crippen molar-refractivity contribution in [1.29, 1.82) is 0 Å². The van der Waals surface area contributed by atoms with Crippen LogP contribution in [0.5, 0.6) is 5.75 Å². The van der Waals surface area contributed by atoms with E-state index in [1.54, 1.807) is 24.3 Å². The van der Waals surface area contributed by atoms with E-state index < -0.39 is 41.8 Å². The van der Waals surface area contributed by atoms with E-state index in [0.29, 0.717) is 45.1 Å². The van der Waals surface area contributed by atoms with Gasteiger partial charge in [0, 0.05) is 21.7 Å². The third-order valence-electron chi connectivity index (χ3n) is 7.40. The number of benzene rings is 3. The average Bonchev–Trinajstić information content (AvgIpc) is 3.43. The molecular formula is C29H25Cl2F4NO3. The Labute approximate surface area is 233 Å². The number of rotatable bonds is 5. The normalized spacial score (nSPS) is 20.9. The number of methoxy groups -OCH3 is 1. The van der Waals surface area contributed by atoms with Crippen LogP contribution < -0.4 is 4.74 Å². The van der Waals surface area contributed by atoms with Gasteiger partial charge >= 0.3 is 12.3 Å². The predicted octanol–water partition coefficient (Wildman–Crippen LogP) is 9.35. The lowest BCUT2D eigenvalue weighted by atomic mass is 9.89. The number of alkyl halides is 3. The van der Waals surface area contributed by atoms with E-state index >= 15 is 0 Å². The Morgan fingerprint density at radius 2 is 1.69 bits per heavy atom. The summed E-state index contributed by atoms with van der Waals surface area (Å²) in [4.78, 5) is 14.7. The maximum absolute atomic E-state index is 14.8. The van der Waals surface area contributed by atoms with Crippen molar-refractivity contribution in [2.75, 3.05) is 7.11 Å². The van der Waals surface area contributed by atoms with Crippen molar-refractivity contribution in [3.05, 3.63) is 86.6 Å². The lowest BCUT2D eigenvalue weighted by Gasteiger charge is -2.26. The number of halogens is 6. The highest BCUT2D eigenvalue weighted by Gasteiger charge is 2.51. The summed E-state index contributed by atoms with van der Waals surface area (Å²) in [5.74, 6) is -0.462. The minimum Gasteiger partial charge on any atom is -0.496 e. The first kappa shape index (κ1) is 27.6. The molecule has 1 unspecified atom stereocenters. The largest absolute Gasteiger partial charge is 0.496 e. The first-order valence-corrected chi connectivity index (χ1v) is 13.2. The number of fused-ring (bicyclic) bond motifs is 1. The van der Waals surface area contributed by atoms with Gasteiger partial charge in [0.1, 0.15) is 17.7 Å². The molecule has 39 heavy (non-hydrogen) atoms. The van der Waals surface area contributed by atoms with E-state index in [1.165, 1.54) is 24.1 Å². The Balaban J connectivity index is 1.64. The number of hydrogen-bond acceptors (Lipinski definition) is 3. The summed E-state index contributed by atoms with van der Waals surface area (Å²) in [7, 11) is 1.38. The van der Waals surface area contributed by atoms with Gasteiger partial charge in [-0.2, -0.15) is 13.2 Å². The van der Waals surface area contributed by atoms with Crippen molar-refractivity contribution < 1.29 is 31.8 Å². The van der Waals surface area contributed by atoms with E-state index in [2.05, 4.69) is 0 Å². The molecule has 0 N–H and O–H groups in total. The molecule has 0 spiro atoms. The van der Waals surface area contributed by atoms with Gasteiger partial charge < -0.3 is 9.47 Å². The van der Waals surface area contributed by atoms with Gasteiger partial charge in [-0.05, 0) is 77.4 Å². The molecule has 2 aliphatic heterocycles. The zero-order chi connectivity index (χ0) is 28.2. The second-order valence-electron chi connectivity index (χ2n) is 10.1. The third-order valence-corrected chi connectivity index (χ3v) is 7.84. The summed E-state index contributed by atoms with van der Waals surface area (Å²) in [5, 5.41) is 0.761. The first-order chi connectivity index (χ1) is 18.4. The van der Waals surface area contributed by atoms with Crippen LogP contribution in [0.3, 0.4) is 0 Å².